The lowest BCUT2D eigenvalue weighted by Crippen LogP contribution is -2.54. The van der Waals surface area contributed by atoms with E-state index in [1.807, 2.05) is 57.2 Å². The molecule has 2 aliphatic rings. The van der Waals surface area contributed by atoms with Crippen LogP contribution in [-0.4, -0.2) is 33.3 Å². The molecule has 148 valence electrons. The summed E-state index contributed by atoms with van der Waals surface area (Å²) in [5.74, 6) is 1.56. The number of nitrogens with one attached hydrogen (secondary N) is 1. The minimum Gasteiger partial charge on any atom is -0.384 e. The molecule has 0 saturated heterocycles. The summed E-state index contributed by atoms with van der Waals surface area (Å²) in [6, 6.07) is 11.0. The number of para-hydroxylation sites is 1. The van der Waals surface area contributed by atoms with Gasteiger partial charge in [0, 0.05) is 11.6 Å². The summed E-state index contributed by atoms with van der Waals surface area (Å²) in [5.41, 5.74) is 7.67. The third-order valence-corrected chi connectivity index (χ3v) is 5.28. The predicted molar refractivity (Wildman–Crippen MR) is 116 cm³/mol. The Kier molecular flexibility index (Phi) is 4.66. The molecule has 0 radical (unpaired) electrons. The number of nitrogens with zero attached hydrogens (tertiary/aromatic N) is 4. The fraction of sp³-hybridized carbons (Fsp3) is 0.273. The van der Waals surface area contributed by atoms with Crippen molar-refractivity contribution in [3.8, 4) is 0 Å². The van der Waals surface area contributed by atoms with Crippen molar-refractivity contribution in [2.75, 3.05) is 16.0 Å². The van der Waals surface area contributed by atoms with E-state index in [4.69, 9.17) is 10.7 Å². The highest BCUT2D eigenvalue weighted by molar-refractivity contribution is 6.27. The van der Waals surface area contributed by atoms with Gasteiger partial charge in [-0.15, -0.1) is 0 Å². The Balaban J connectivity index is 1.81. The van der Waals surface area contributed by atoms with Crippen LogP contribution in [0.3, 0.4) is 0 Å². The zero-order valence-corrected chi connectivity index (χ0v) is 16.8. The van der Waals surface area contributed by atoms with Crippen LogP contribution in [0.15, 0.2) is 71.0 Å². The minimum absolute atomic E-state index is 0.0404. The Morgan fingerprint density at radius 1 is 1.24 bits per heavy atom. The van der Waals surface area contributed by atoms with Crippen LogP contribution in [0.1, 0.15) is 27.2 Å². The first-order chi connectivity index (χ1) is 13.9. The molecule has 7 heteroatoms. The maximum absolute atomic E-state index is 13.7. The molecule has 29 heavy (non-hydrogen) atoms. The molecule has 1 unspecified atom stereocenters. The molecule has 2 heterocycles. The molecule has 0 saturated carbocycles. The van der Waals surface area contributed by atoms with Gasteiger partial charge < -0.3 is 11.1 Å². The van der Waals surface area contributed by atoms with Crippen LogP contribution in [0.25, 0.3) is 0 Å². The number of aromatic nitrogens is 2. The lowest BCUT2D eigenvalue weighted by molar-refractivity contribution is -0.115. The number of anilines is 3. The van der Waals surface area contributed by atoms with Gasteiger partial charge in [0.05, 0.1) is 17.3 Å². The molecule has 1 aliphatic carbocycles. The van der Waals surface area contributed by atoms with Crippen LogP contribution in [-0.2, 0) is 4.79 Å². The highest BCUT2D eigenvalue weighted by atomic mass is 16.2. The normalized spacial score (nSPS) is 22.2. The smallest absolute Gasteiger partial charge is 0.262 e. The van der Waals surface area contributed by atoms with E-state index in [0.29, 0.717) is 23.9 Å². The van der Waals surface area contributed by atoms with E-state index >= 15 is 0 Å². The van der Waals surface area contributed by atoms with Crippen molar-refractivity contribution in [3.63, 3.8) is 0 Å². The van der Waals surface area contributed by atoms with Crippen LogP contribution in [0.5, 0.6) is 0 Å². The number of rotatable bonds is 4. The third-order valence-electron chi connectivity index (χ3n) is 5.28. The monoisotopic (exact) mass is 388 g/mol. The third kappa shape index (κ3) is 3.40. The van der Waals surface area contributed by atoms with Crippen LogP contribution < -0.4 is 16.0 Å². The Morgan fingerprint density at radius 2 is 2.00 bits per heavy atom. The average molecular weight is 388 g/mol. The fourth-order valence-corrected chi connectivity index (χ4v) is 3.95. The summed E-state index contributed by atoms with van der Waals surface area (Å²) < 4.78 is 0. The number of benzene rings is 1. The molecule has 2 atom stereocenters. The second-order valence-electron chi connectivity index (χ2n) is 7.58. The minimum atomic E-state index is -0.586. The summed E-state index contributed by atoms with van der Waals surface area (Å²) in [6.07, 6.45) is 6.17. The standard InChI is InChI=1S/C22H24N6O/c1-14-8-7-11-22(3)19(14)21(29)28(16-9-5-4-6-10-16)20(27-22)15(2)26-18-12-17(23)24-13-25-18/h4-10,12-13,15H,11H2,1-3H3,(H3,23,24,25,26)/t15-,22?/m0/s1. The summed E-state index contributed by atoms with van der Waals surface area (Å²) in [5, 5.41) is 3.31. The van der Waals surface area contributed by atoms with Crippen LogP contribution in [0, 0.1) is 0 Å². The molecule has 1 aliphatic heterocycles. The number of aliphatic imine (C=N–C) groups is 1. The molecule has 2 aromatic rings. The van der Waals surface area contributed by atoms with E-state index < -0.39 is 5.54 Å². The first kappa shape index (κ1) is 18.9. The first-order valence-electron chi connectivity index (χ1n) is 9.60. The molecule has 0 spiro atoms. The van der Waals surface area contributed by atoms with Crippen molar-refractivity contribution in [2.24, 2.45) is 4.99 Å². The average Bonchev–Trinajstić information content (AvgIpc) is 2.68. The Labute approximate surface area is 170 Å². The zero-order valence-electron chi connectivity index (χ0n) is 16.8. The molecule has 7 nitrogen and oxygen atoms in total. The topological polar surface area (TPSA) is 96.5 Å². The van der Waals surface area contributed by atoms with Gasteiger partial charge in [-0.25, -0.2) is 9.97 Å². The van der Waals surface area contributed by atoms with E-state index in [1.54, 1.807) is 11.0 Å². The quantitative estimate of drug-likeness (QED) is 0.837. The fourth-order valence-electron chi connectivity index (χ4n) is 3.95. The maximum Gasteiger partial charge on any atom is 0.262 e. The molecule has 3 N–H and O–H groups in total. The van der Waals surface area contributed by atoms with E-state index in [9.17, 15) is 4.79 Å². The van der Waals surface area contributed by atoms with Gasteiger partial charge in [0.25, 0.3) is 5.91 Å². The number of amidine groups is 1. The van der Waals surface area contributed by atoms with E-state index in [-0.39, 0.29) is 11.9 Å². The van der Waals surface area contributed by atoms with Crippen molar-refractivity contribution >= 4 is 29.1 Å². The van der Waals surface area contributed by atoms with Crippen LogP contribution in [0.4, 0.5) is 17.3 Å². The number of nitrogen functional groups attached to an aromatic ring is 1. The number of fused-ring (bicyclic) bond motifs is 1. The largest absolute Gasteiger partial charge is 0.384 e. The highest BCUT2D eigenvalue weighted by Gasteiger charge is 2.44. The van der Waals surface area contributed by atoms with E-state index in [0.717, 1.165) is 16.8 Å². The van der Waals surface area contributed by atoms with Crippen molar-refractivity contribution < 1.29 is 4.79 Å². The van der Waals surface area contributed by atoms with Gasteiger partial charge in [0.2, 0.25) is 0 Å². The molecular weight excluding hydrogens is 364 g/mol. The summed E-state index contributed by atoms with van der Waals surface area (Å²) in [6.45, 7) is 5.95. The van der Waals surface area contributed by atoms with Crippen LogP contribution in [0.2, 0.25) is 0 Å². The summed E-state index contributed by atoms with van der Waals surface area (Å²) in [4.78, 5) is 28.6. The zero-order chi connectivity index (χ0) is 20.6. The van der Waals surface area contributed by atoms with Crippen molar-refractivity contribution in [2.45, 2.75) is 38.8 Å². The van der Waals surface area contributed by atoms with Gasteiger partial charge in [-0.1, -0.05) is 30.4 Å². The number of hydrogen-bond acceptors (Lipinski definition) is 6. The lowest BCUT2D eigenvalue weighted by atomic mass is 9.79. The Morgan fingerprint density at radius 3 is 2.72 bits per heavy atom. The van der Waals surface area contributed by atoms with Crippen molar-refractivity contribution in [3.05, 3.63) is 66.0 Å². The molecular formula is C22H24N6O. The van der Waals surface area contributed by atoms with Gasteiger partial charge >= 0.3 is 0 Å². The number of carbonyl (C=O) groups is 1. The SMILES string of the molecule is CC1=C2C(=O)N(c3ccccc3)C([C@H](C)Nc3cc(N)ncn3)=NC2(C)CC=C1. The number of nitrogens with two attached hydrogens (primary N) is 1. The van der Waals surface area contributed by atoms with Gasteiger partial charge in [-0.3, -0.25) is 14.7 Å². The van der Waals surface area contributed by atoms with E-state index in [2.05, 4.69) is 21.4 Å². The second-order valence-corrected chi connectivity index (χ2v) is 7.58. The highest BCUT2D eigenvalue weighted by Crippen LogP contribution is 2.39. The molecule has 0 fully saturated rings. The second kappa shape index (κ2) is 7.16. The lowest BCUT2D eigenvalue weighted by Gasteiger charge is -2.42. The van der Waals surface area contributed by atoms with Gasteiger partial charge in [-0.2, -0.15) is 0 Å². The summed E-state index contributed by atoms with van der Waals surface area (Å²) in [7, 11) is 0. The molecule has 1 aromatic carbocycles. The number of amides is 1. The Bertz CT molecular complexity index is 1040. The Hall–Kier alpha value is -3.48. The van der Waals surface area contributed by atoms with Gasteiger partial charge in [0.15, 0.2) is 0 Å². The molecule has 1 aromatic heterocycles. The van der Waals surface area contributed by atoms with Gasteiger partial charge in [0.1, 0.15) is 23.8 Å². The summed E-state index contributed by atoms with van der Waals surface area (Å²) >= 11 is 0. The first-order valence-corrected chi connectivity index (χ1v) is 9.60. The molecule has 1 amide bonds. The van der Waals surface area contributed by atoms with Crippen LogP contribution >= 0.6 is 0 Å². The number of carbonyl (C=O) groups excluding carboxylic acids is 1. The number of hydrogen-bond donors (Lipinski definition) is 2. The van der Waals surface area contributed by atoms with Gasteiger partial charge in [-0.05, 0) is 44.9 Å². The maximum atomic E-state index is 13.7. The van der Waals surface area contributed by atoms with E-state index in [1.165, 1.54) is 6.33 Å². The molecule has 4 rings (SSSR count). The predicted octanol–water partition coefficient (Wildman–Crippen LogP) is 3.34. The number of allylic oxidation sites excluding steroid dienone is 2. The molecule has 0 bridgehead atoms. The van der Waals surface area contributed by atoms with Crippen molar-refractivity contribution in [1.82, 2.24) is 9.97 Å². The van der Waals surface area contributed by atoms with Crippen molar-refractivity contribution in [1.29, 1.82) is 0 Å².